The van der Waals surface area contributed by atoms with E-state index in [2.05, 4.69) is 20.9 Å². The summed E-state index contributed by atoms with van der Waals surface area (Å²) >= 11 is 3.29. The summed E-state index contributed by atoms with van der Waals surface area (Å²) in [6.45, 7) is 3.95. The van der Waals surface area contributed by atoms with Crippen LogP contribution in [0.1, 0.15) is 12.6 Å². The molecule has 5 heteroatoms. The molecule has 0 spiro atoms. The lowest BCUT2D eigenvalue weighted by Crippen LogP contribution is -1.94. The van der Waals surface area contributed by atoms with Crippen molar-refractivity contribution in [3.05, 3.63) is 28.5 Å². The first-order chi connectivity index (χ1) is 6.53. The molecular formula is C9H13BrNO2P. The van der Waals surface area contributed by atoms with Gasteiger partial charge < -0.3 is 4.52 Å². The van der Waals surface area contributed by atoms with Crippen molar-refractivity contribution in [3.8, 4) is 0 Å². The predicted octanol–water partition coefficient (Wildman–Crippen LogP) is 3.29. The molecule has 0 N–H and O–H groups in total. The smallest absolute Gasteiger partial charge is 0.205 e. The largest absolute Gasteiger partial charge is 0.329 e. The second-order valence-corrected chi connectivity index (χ2v) is 6.58. The van der Waals surface area contributed by atoms with Gasteiger partial charge in [-0.25, -0.2) is 0 Å². The molecule has 1 atom stereocenters. The third-order valence-electron chi connectivity index (χ3n) is 1.64. The Kier molecular flexibility index (Phi) is 4.30. The number of rotatable bonds is 4. The molecule has 0 aliphatic carbocycles. The lowest BCUT2D eigenvalue weighted by Gasteiger charge is -2.11. The molecule has 3 nitrogen and oxygen atoms in total. The highest BCUT2D eigenvalue weighted by Crippen LogP contribution is 2.45. The molecular weight excluding hydrogens is 265 g/mol. The van der Waals surface area contributed by atoms with Crippen LogP contribution in [-0.4, -0.2) is 18.3 Å². The molecule has 0 bridgehead atoms. The van der Waals surface area contributed by atoms with Crippen LogP contribution in [0.4, 0.5) is 0 Å². The summed E-state index contributed by atoms with van der Waals surface area (Å²) in [4.78, 5) is 4.15. The van der Waals surface area contributed by atoms with Gasteiger partial charge in [0.25, 0.3) is 0 Å². The number of nitrogens with zero attached hydrogens (tertiary/aromatic N) is 1. The zero-order valence-electron chi connectivity index (χ0n) is 8.24. The summed E-state index contributed by atoms with van der Waals surface area (Å²) in [5.41, 5.74) is 0.799. The van der Waals surface area contributed by atoms with E-state index in [0.717, 1.165) is 10.2 Å². The summed E-state index contributed by atoms with van der Waals surface area (Å²) < 4.78 is 17.9. The van der Waals surface area contributed by atoms with Crippen LogP contribution in [0.5, 0.6) is 0 Å². The van der Waals surface area contributed by atoms with E-state index in [1.54, 1.807) is 12.9 Å². The minimum Gasteiger partial charge on any atom is -0.329 e. The topological polar surface area (TPSA) is 39.2 Å². The first kappa shape index (κ1) is 11.9. The van der Waals surface area contributed by atoms with Gasteiger partial charge in [-0.2, -0.15) is 0 Å². The molecule has 1 heterocycles. The van der Waals surface area contributed by atoms with Gasteiger partial charge in [0.1, 0.15) is 0 Å². The van der Waals surface area contributed by atoms with E-state index in [1.165, 1.54) is 0 Å². The second kappa shape index (κ2) is 5.06. The van der Waals surface area contributed by atoms with Crippen molar-refractivity contribution in [2.24, 2.45) is 0 Å². The lowest BCUT2D eigenvalue weighted by molar-refractivity contribution is 0.336. The van der Waals surface area contributed by atoms with Crippen LogP contribution in [0.2, 0.25) is 0 Å². The molecule has 0 aliphatic heterocycles. The van der Waals surface area contributed by atoms with Crippen LogP contribution < -0.4 is 0 Å². The molecule has 1 rings (SSSR count). The van der Waals surface area contributed by atoms with Gasteiger partial charge in [-0.05, 0) is 35.0 Å². The zero-order chi connectivity index (χ0) is 10.6. The Labute approximate surface area is 92.5 Å². The van der Waals surface area contributed by atoms with Crippen molar-refractivity contribution in [3.63, 3.8) is 0 Å². The fourth-order valence-corrected chi connectivity index (χ4v) is 2.76. The summed E-state index contributed by atoms with van der Waals surface area (Å²) in [6.07, 6.45) is 2.09. The van der Waals surface area contributed by atoms with Crippen LogP contribution in [0.3, 0.4) is 0 Å². The van der Waals surface area contributed by atoms with Gasteiger partial charge in [-0.3, -0.25) is 9.55 Å². The van der Waals surface area contributed by atoms with Crippen molar-refractivity contribution in [1.29, 1.82) is 0 Å². The third-order valence-corrected chi connectivity index (χ3v) is 3.81. The van der Waals surface area contributed by atoms with Crippen molar-refractivity contribution in [2.75, 3.05) is 13.3 Å². The fraction of sp³-hybridized carbons (Fsp3) is 0.444. The molecule has 1 unspecified atom stereocenters. The second-order valence-electron chi connectivity index (χ2n) is 3.06. The highest BCUT2D eigenvalue weighted by Gasteiger charge is 2.16. The van der Waals surface area contributed by atoms with Gasteiger partial charge in [0.05, 0.1) is 12.8 Å². The Bertz CT molecular complexity index is 339. The fourth-order valence-electron chi connectivity index (χ4n) is 1.11. The van der Waals surface area contributed by atoms with Crippen LogP contribution >= 0.6 is 23.3 Å². The van der Waals surface area contributed by atoms with E-state index in [0.29, 0.717) is 12.8 Å². The molecule has 14 heavy (non-hydrogen) atoms. The quantitative estimate of drug-likeness (QED) is 0.793. The molecule has 0 fully saturated rings. The molecule has 0 aromatic carbocycles. The van der Waals surface area contributed by atoms with E-state index in [9.17, 15) is 4.57 Å². The van der Waals surface area contributed by atoms with Gasteiger partial charge in [0.15, 0.2) is 0 Å². The minimum absolute atomic E-state index is 0.397. The Morgan fingerprint density at radius 1 is 1.57 bits per heavy atom. The van der Waals surface area contributed by atoms with E-state index >= 15 is 0 Å². The molecule has 0 aliphatic rings. The van der Waals surface area contributed by atoms with Gasteiger partial charge in [0, 0.05) is 23.0 Å². The van der Waals surface area contributed by atoms with Crippen LogP contribution in [0, 0.1) is 0 Å². The summed E-state index contributed by atoms with van der Waals surface area (Å²) in [5, 5.41) is 0. The number of halogens is 1. The van der Waals surface area contributed by atoms with Crippen LogP contribution in [0.25, 0.3) is 0 Å². The highest BCUT2D eigenvalue weighted by atomic mass is 79.9. The van der Waals surface area contributed by atoms with Crippen molar-refractivity contribution in [2.45, 2.75) is 13.1 Å². The maximum absolute atomic E-state index is 11.8. The van der Waals surface area contributed by atoms with Crippen LogP contribution in [0.15, 0.2) is 22.8 Å². The third kappa shape index (κ3) is 3.91. The highest BCUT2D eigenvalue weighted by molar-refractivity contribution is 9.10. The van der Waals surface area contributed by atoms with Crippen molar-refractivity contribution >= 4 is 23.3 Å². The molecule has 1 aromatic rings. The monoisotopic (exact) mass is 277 g/mol. The van der Waals surface area contributed by atoms with Crippen molar-refractivity contribution < 1.29 is 9.09 Å². The number of pyridine rings is 1. The van der Waals surface area contributed by atoms with Gasteiger partial charge >= 0.3 is 0 Å². The van der Waals surface area contributed by atoms with E-state index < -0.39 is 7.37 Å². The SMILES string of the molecule is CCOP(C)(=O)Cc1ccc(Br)cn1. The maximum atomic E-state index is 11.8. The number of hydrogen-bond donors (Lipinski definition) is 0. The average molecular weight is 278 g/mol. The molecule has 0 radical (unpaired) electrons. The summed E-state index contributed by atoms with van der Waals surface area (Å²) in [5.74, 6) is 0. The zero-order valence-corrected chi connectivity index (χ0v) is 10.7. The normalized spacial score (nSPS) is 15.1. The minimum atomic E-state index is -2.51. The predicted molar refractivity (Wildman–Crippen MR) is 60.8 cm³/mol. The standard InChI is InChI=1S/C9H13BrNO2P/c1-3-13-14(2,12)7-9-5-4-8(10)6-11-9/h4-6H,3,7H2,1-2H3. The number of aromatic nitrogens is 1. The average Bonchev–Trinajstić information content (AvgIpc) is 2.08. The van der Waals surface area contributed by atoms with Gasteiger partial charge in [-0.15, -0.1) is 0 Å². The van der Waals surface area contributed by atoms with Crippen LogP contribution in [-0.2, 0) is 15.3 Å². The molecule has 0 saturated heterocycles. The Morgan fingerprint density at radius 2 is 2.29 bits per heavy atom. The van der Waals surface area contributed by atoms with Gasteiger partial charge in [-0.1, -0.05) is 0 Å². The first-order valence-corrected chi connectivity index (χ1v) is 7.40. The number of hydrogen-bond acceptors (Lipinski definition) is 3. The summed E-state index contributed by atoms with van der Waals surface area (Å²) in [6, 6.07) is 3.73. The first-order valence-electron chi connectivity index (χ1n) is 4.35. The summed E-state index contributed by atoms with van der Waals surface area (Å²) in [7, 11) is -2.51. The van der Waals surface area contributed by atoms with E-state index in [4.69, 9.17) is 4.52 Å². The molecule has 0 saturated carbocycles. The van der Waals surface area contributed by atoms with E-state index in [-0.39, 0.29) is 0 Å². The molecule has 78 valence electrons. The Balaban J connectivity index is 2.69. The van der Waals surface area contributed by atoms with E-state index in [1.807, 2.05) is 19.1 Å². The maximum Gasteiger partial charge on any atom is 0.205 e. The Hall–Kier alpha value is -0.180. The lowest BCUT2D eigenvalue weighted by atomic mass is 10.4. The molecule has 0 amide bonds. The van der Waals surface area contributed by atoms with Crippen molar-refractivity contribution in [1.82, 2.24) is 4.98 Å². The molecule has 1 aromatic heterocycles. The van der Waals surface area contributed by atoms with Gasteiger partial charge in [0.2, 0.25) is 7.37 Å². The Morgan fingerprint density at radius 3 is 2.79 bits per heavy atom.